The fraction of sp³-hybridized carbons (Fsp3) is 0.279. The van der Waals surface area contributed by atoms with Crippen molar-refractivity contribution in [2.45, 2.75) is 65.1 Å². The summed E-state index contributed by atoms with van der Waals surface area (Å²) in [6.45, 7) is 7.23. The van der Waals surface area contributed by atoms with Crippen LogP contribution >= 0.6 is 22.9 Å². The molecule has 2 aromatic heterocycles. The molecule has 1 saturated heterocycles. The molecule has 6 heterocycles. The van der Waals surface area contributed by atoms with Crippen LogP contribution in [0.15, 0.2) is 65.7 Å². The largest absolute Gasteiger partial charge is 0.384 e. The molecule has 17 heteroatoms. The Hall–Kier alpha value is -6.52. The first-order valence-electron chi connectivity index (χ1n) is 19.5. The summed E-state index contributed by atoms with van der Waals surface area (Å²) in [6, 6.07) is 16.0. The van der Waals surface area contributed by atoms with Gasteiger partial charge in [-0.3, -0.25) is 48.5 Å². The van der Waals surface area contributed by atoms with Crippen LogP contribution in [0.3, 0.4) is 0 Å². The Morgan fingerprint density at radius 1 is 0.933 bits per heavy atom. The fourth-order valence-corrected chi connectivity index (χ4v) is 9.63. The average molecular weight is 844 g/mol. The second-order valence-corrected chi connectivity index (χ2v) is 16.9. The van der Waals surface area contributed by atoms with E-state index in [9.17, 15) is 28.8 Å². The monoisotopic (exact) mass is 843 g/mol. The number of hydrogen-bond donors (Lipinski definition) is 3. The smallest absolute Gasteiger partial charge is 0.264 e. The Bertz CT molecular complexity index is 2720. The number of carbonyl (C=O) groups is 6. The van der Waals surface area contributed by atoms with Crippen molar-refractivity contribution < 1.29 is 28.8 Å². The van der Waals surface area contributed by atoms with Crippen LogP contribution in [0.25, 0.3) is 5.00 Å². The minimum atomic E-state index is -1.06. The fourth-order valence-electron chi connectivity index (χ4n) is 8.29. The zero-order chi connectivity index (χ0) is 42.0. The minimum absolute atomic E-state index is 0.0221. The van der Waals surface area contributed by atoms with Crippen LogP contribution in [0.4, 0.5) is 11.4 Å². The van der Waals surface area contributed by atoms with E-state index in [4.69, 9.17) is 16.6 Å². The molecule has 4 aliphatic heterocycles. The van der Waals surface area contributed by atoms with Crippen molar-refractivity contribution in [2.24, 2.45) is 4.99 Å². The van der Waals surface area contributed by atoms with E-state index in [1.165, 1.54) is 0 Å². The zero-order valence-electron chi connectivity index (χ0n) is 32.8. The molecule has 2 atom stereocenters. The highest BCUT2D eigenvalue weighted by Gasteiger charge is 2.45. The Balaban J connectivity index is 0.853. The highest BCUT2D eigenvalue weighted by Crippen LogP contribution is 2.40. The Kier molecular flexibility index (Phi) is 9.91. The van der Waals surface area contributed by atoms with E-state index in [2.05, 4.69) is 40.0 Å². The molecule has 0 bridgehead atoms. The van der Waals surface area contributed by atoms with E-state index < -0.39 is 35.7 Å². The molecule has 0 radical (unpaired) electrons. The van der Waals surface area contributed by atoms with E-state index >= 15 is 0 Å². The van der Waals surface area contributed by atoms with Gasteiger partial charge < -0.3 is 15.5 Å². The molecule has 5 aromatic rings. The second kappa shape index (κ2) is 15.3. The first-order chi connectivity index (χ1) is 28.9. The van der Waals surface area contributed by atoms with Gasteiger partial charge in [-0.05, 0) is 81.1 Å². The summed E-state index contributed by atoms with van der Waals surface area (Å²) < 4.78 is 1.99. The van der Waals surface area contributed by atoms with Gasteiger partial charge in [-0.15, -0.1) is 21.5 Å². The summed E-state index contributed by atoms with van der Waals surface area (Å²) in [7, 11) is 0. The van der Waals surface area contributed by atoms with Crippen LogP contribution in [0.1, 0.15) is 102 Å². The summed E-state index contributed by atoms with van der Waals surface area (Å²) in [6.07, 6.45) is 0.616. The molecule has 0 aliphatic carbocycles. The zero-order valence-corrected chi connectivity index (χ0v) is 34.4. The number of amides is 6. The van der Waals surface area contributed by atoms with Gasteiger partial charge in [-0.1, -0.05) is 35.9 Å². The molecule has 4 aliphatic rings. The third-order valence-corrected chi connectivity index (χ3v) is 12.8. The van der Waals surface area contributed by atoms with E-state index in [-0.39, 0.29) is 42.2 Å². The molecule has 15 nitrogen and oxygen atoms in total. The summed E-state index contributed by atoms with van der Waals surface area (Å²) in [5.41, 5.74) is 6.32. The maximum Gasteiger partial charge on any atom is 0.264 e. The van der Waals surface area contributed by atoms with Gasteiger partial charge in [0, 0.05) is 64.0 Å². The molecule has 9 rings (SSSR count). The van der Waals surface area contributed by atoms with E-state index in [0.717, 1.165) is 42.7 Å². The topological polar surface area (TPSA) is 188 Å². The normalized spacial score (nSPS) is 18.1. The third-order valence-electron chi connectivity index (χ3n) is 11.4. The molecule has 6 amide bonds. The lowest BCUT2D eigenvalue weighted by Crippen LogP contribution is -2.54. The maximum absolute atomic E-state index is 13.8. The Morgan fingerprint density at radius 3 is 2.52 bits per heavy atom. The highest BCUT2D eigenvalue weighted by atomic mass is 35.5. The van der Waals surface area contributed by atoms with Gasteiger partial charge in [0.2, 0.25) is 17.7 Å². The summed E-state index contributed by atoms with van der Waals surface area (Å²) in [5, 5.41) is 18.9. The number of piperidine rings is 1. The van der Waals surface area contributed by atoms with Crippen LogP contribution in [-0.4, -0.2) is 84.9 Å². The van der Waals surface area contributed by atoms with Gasteiger partial charge in [0.05, 0.1) is 23.3 Å². The van der Waals surface area contributed by atoms with E-state index in [1.54, 1.807) is 46.6 Å². The number of anilines is 2. The molecule has 3 N–H and O–H groups in total. The van der Waals surface area contributed by atoms with E-state index in [1.807, 2.05) is 41.8 Å². The summed E-state index contributed by atoms with van der Waals surface area (Å²) >= 11 is 7.88. The minimum Gasteiger partial charge on any atom is -0.384 e. The number of rotatable bonds is 10. The van der Waals surface area contributed by atoms with Crippen LogP contribution in [0.5, 0.6) is 0 Å². The summed E-state index contributed by atoms with van der Waals surface area (Å²) in [5.74, 6) is -1.48. The second-order valence-electron chi connectivity index (χ2n) is 15.2. The standard InChI is InChI=1S/C43H38ClN9O6S/c1-21-22(2)60-43-35(21)37(24-8-11-26(44)12-9-24)47-31(38-50-49-23(3)52(38)43)19-34(55)46-27-13-10-25-20-51(40(57)29(25)18-27)17-5-16-45-30-7-4-6-28-36(30)42(59)53(41(28)58)32-14-15-33(54)48-39(32)56/h4,6-13,18,31-32,45H,5,14-17,19-20H2,1-3H3,(H,46,55)(H,48,54,56)/t31-,32?/m0/s1. The molecule has 60 heavy (non-hydrogen) atoms. The van der Waals surface area contributed by atoms with Crippen LogP contribution in [0.2, 0.25) is 5.02 Å². The maximum atomic E-state index is 13.8. The number of aliphatic imine (C=N–C) groups is 1. The van der Waals surface area contributed by atoms with Crippen molar-refractivity contribution in [2.75, 3.05) is 23.7 Å². The number of benzene rings is 3. The Morgan fingerprint density at radius 2 is 1.73 bits per heavy atom. The summed E-state index contributed by atoms with van der Waals surface area (Å²) in [4.78, 5) is 87.2. The van der Waals surface area contributed by atoms with Crippen LogP contribution in [-0.2, 0) is 20.9 Å². The van der Waals surface area contributed by atoms with Crippen LogP contribution in [0, 0.1) is 20.8 Å². The van der Waals surface area contributed by atoms with Crippen molar-refractivity contribution in [3.05, 3.63) is 121 Å². The van der Waals surface area contributed by atoms with Gasteiger partial charge in [0.1, 0.15) is 22.9 Å². The molecule has 0 spiro atoms. The van der Waals surface area contributed by atoms with Crippen molar-refractivity contribution >= 4 is 75.5 Å². The number of nitrogens with zero attached hydrogens (tertiary/aromatic N) is 6. The number of fused-ring (bicyclic) bond motifs is 5. The lowest BCUT2D eigenvalue weighted by Gasteiger charge is -2.27. The Labute approximate surface area is 352 Å². The first kappa shape index (κ1) is 39.0. The quantitative estimate of drug-likeness (QED) is 0.117. The lowest BCUT2D eigenvalue weighted by molar-refractivity contribution is -0.136. The predicted octanol–water partition coefficient (Wildman–Crippen LogP) is 5.69. The van der Waals surface area contributed by atoms with Crippen molar-refractivity contribution in [1.29, 1.82) is 0 Å². The molecule has 1 unspecified atom stereocenters. The lowest BCUT2D eigenvalue weighted by atomic mass is 9.99. The number of aromatic nitrogens is 3. The van der Waals surface area contributed by atoms with Gasteiger partial charge in [-0.25, -0.2) is 0 Å². The first-order valence-corrected chi connectivity index (χ1v) is 20.7. The van der Waals surface area contributed by atoms with Crippen molar-refractivity contribution in [3.8, 4) is 5.00 Å². The molecular weight excluding hydrogens is 806 g/mol. The number of thiophene rings is 1. The molecule has 3 aromatic carbocycles. The van der Waals surface area contributed by atoms with Crippen molar-refractivity contribution in [3.63, 3.8) is 0 Å². The predicted molar refractivity (Wildman–Crippen MR) is 224 cm³/mol. The van der Waals surface area contributed by atoms with Crippen molar-refractivity contribution in [1.82, 2.24) is 29.9 Å². The number of hydrogen-bond acceptors (Lipinski definition) is 11. The van der Waals surface area contributed by atoms with Gasteiger partial charge in [-0.2, -0.15) is 0 Å². The number of imide groups is 2. The van der Waals surface area contributed by atoms with Gasteiger partial charge in [0.25, 0.3) is 17.7 Å². The SMILES string of the molecule is Cc1sc2c(c1C)C(c1ccc(Cl)cc1)=N[C@@H](CC(=O)Nc1ccc3c(c1)C(=O)N(CCCNc1cccc4c1C(=O)N(C1CCC(=O)NC1=O)C4=O)C3)c1nnc(C)n1-2. The molecule has 0 saturated carbocycles. The van der Waals surface area contributed by atoms with Gasteiger partial charge >= 0.3 is 0 Å². The third kappa shape index (κ3) is 6.74. The number of aryl methyl sites for hydroxylation is 2. The molecular formula is C43H38ClN9O6S. The number of carbonyl (C=O) groups excluding carboxylic acids is 6. The molecule has 1 fully saturated rings. The highest BCUT2D eigenvalue weighted by molar-refractivity contribution is 7.15. The van der Waals surface area contributed by atoms with Crippen LogP contribution < -0.4 is 16.0 Å². The number of halogens is 1. The molecule has 304 valence electrons. The van der Waals surface area contributed by atoms with Gasteiger partial charge in [0.15, 0.2) is 5.82 Å². The number of nitrogens with one attached hydrogen (secondary N) is 3. The average Bonchev–Trinajstić information content (AvgIpc) is 3.90. The van der Waals surface area contributed by atoms with E-state index in [0.29, 0.717) is 59.7 Å².